The summed E-state index contributed by atoms with van der Waals surface area (Å²) in [5.74, 6) is 0.667. The van der Waals surface area contributed by atoms with Gasteiger partial charge in [0, 0.05) is 36.8 Å². The summed E-state index contributed by atoms with van der Waals surface area (Å²) in [5, 5.41) is 9.10. The normalized spacial score (nSPS) is 17.7. The number of hydrogen-bond donors (Lipinski definition) is 3. The second kappa shape index (κ2) is 13.8. The van der Waals surface area contributed by atoms with Crippen molar-refractivity contribution >= 4 is 23.5 Å². The van der Waals surface area contributed by atoms with Crippen LogP contribution in [0.5, 0.6) is 17.5 Å². The second-order valence-electron chi connectivity index (χ2n) is 11.8. The Balaban J connectivity index is 1.23. The standard InChI is InChI=1S/C32H36F3N7O4/c33-32(34,35)21-46-30-40-28-36-18-22-5-8-24(9-6-22)44-15-3-4-16-45-26-17-23(38-29(39-28)41-30)7-10-25(26)27(43)37-19-31(11-12-31)20-42-13-1-2-14-42/h3-10,17H,1-2,11-16,18-21H2,(H,37,43)(H2,36,38,39,40,41). The number of aromatic nitrogens is 3. The van der Waals surface area contributed by atoms with Crippen molar-refractivity contribution in [1.82, 2.24) is 25.2 Å². The van der Waals surface area contributed by atoms with Gasteiger partial charge in [-0.3, -0.25) is 4.79 Å². The number of carbonyl (C=O) groups is 1. The number of likely N-dealkylation sites (tertiary alicyclic amines) is 1. The topological polar surface area (TPSA) is 123 Å². The van der Waals surface area contributed by atoms with Crippen molar-refractivity contribution in [2.45, 2.75) is 38.4 Å². The molecule has 11 nitrogen and oxygen atoms in total. The number of nitrogens with zero attached hydrogens (tertiary/aromatic N) is 4. The molecule has 3 N–H and O–H groups in total. The second-order valence-corrected chi connectivity index (χ2v) is 11.8. The van der Waals surface area contributed by atoms with Gasteiger partial charge >= 0.3 is 12.2 Å². The summed E-state index contributed by atoms with van der Waals surface area (Å²) in [5.41, 5.74) is 1.77. The van der Waals surface area contributed by atoms with Crippen molar-refractivity contribution in [3.05, 3.63) is 65.7 Å². The predicted octanol–water partition coefficient (Wildman–Crippen LogP) is 5.10. The molecule has 2 fully saturated rings. The number of fused-ring (bicyclic) bond motifs is 7. The van der Waals surface area contributed by atoms with E-state index in [1.54, 1.807) is 36.4 Å². The van der Waals surface area contributed by atoms with Crippen molar-refractivity contribution in [1.29, 1.82) is 0 Å². The zero-order valence-corrected chi connectivity index (χ0v) is 25.2. The third-order valence-corrected chi connectivity index (χ3v) is 8.02. The average Bonchev–Trinajstić information content (AvgIpc) is 3.60. The molecule has 1 saturated carbocycles. The molecule has 0 unspecified atom stereocenters. The third kappa shape index (κ3) is 8.77. The first-order valence-electron chi connectivity index (χ1n) is 15.3. The smallest absolute Gasteiger partial charge is 0.422 e. The number of halogens is 3. The summed E-state index contributed by atoms with van der Waals surface area (Å²) >= 11 is 0. The van der Waals surface area contributed by atoms with E-state index in [-0.39, 0.29) is 36.4 Å². The van der Waals surface area contributed by atoms with Crippen molar-refractivity contribution in [3.63, 3.8) is 0 Å². The minimum Gasteiger partial charge on any atom is -0.490 e. The largest absolute Gasteiger partial charge is 0.490 e. The molecule has 4 heterocycles. The molecule has 46 heavy (non-hydrogen) atoms. The molecule has 2 aromatic carbocycles. The maximum absolute atomic E-state index is 13.4. The van der Waals surface area contributed by atoms with E-state index in [2.05, 4.69) is 35.8 Å². The minimum absolute atomic E-state index is 0.00697. The summed E-state index contributed by atoms with van der Waals surface area (Å²) in [6, 6.07) is 11.7. The van der Waals surface area contributed by atoms with E-state index < -0.39 is 18.8 Å². The Hall–Kier alpha value is -4.59. The van der Waals surface area contributed by atoms with Crippen LogP contribution in [0.25, 0.3) is 0 Å². The Kier molecular flexibility index (Phi) is 9.43. The Morgan fingerprint density at radius 2 is 1.72 bits per heavy atom. The van der Waals surface area contributed by atoms with Crippen LogP contribution in [0.1, 0.15) is 41.6 Å². The van der Waals surface area contributed by atoms with E-state index in [0.29, 0.717) is 35.9 Å². The first kappa shape index (κ1) is 31.4. The fourth-order valence-electron chi connectivity index (χ4n) is 5.39. The van der Waals surface area contributed by atoms with Gasteiger partial charge in [0.05, 0.1) is 5.56 Å². The van der Waals surface area contributed by atoms with E-state index in [4.69, 9.17) is 14.2 Å². The predicted molar refractivity (Wildman–Crippen MR) is 165 cm³/mol. The van der Waals surface area contributed by atoms with Crippen LogP contribution in [-0.4, -0.2) is 77.9 Å². The van der Waals surface area contributed by atoms with Gasteiger partial charge in [0.2, 0.25) is 11.9 Å². The third-order valence-electron chi connectivity index (χ3n) is 8.02. The summed E-state index contributed by atoms with van der Waals surface area (Å²) in [4.78, 5) is 28.2. The monoisotopic (exact) mass is 639 g/mol. The fourth-order valence-corrected chi connectivity index (χ4v) is 5.39. The lowest BCUT2D eigenvalue weighted by Gasteiger charge is -2.23. The number of benzene rings is 2. The van der Waals surface area contributed by atoms with E-state index in [1.807, 2.05) is 18.2 Å². The Morgan fingerprint density at radius 3 is 2.46 bits per heavy atom. The van der Waals surface area contributed by atoms with Crippen LogP contribution >= 0.6 is 0 Å². The first-order chi connectivity index (χ1) is 22.2. The molecule has 244 valence electrons. The quantitative estimate of drug-likeness (QED) is 0.301. The van der Waals surface area contributed by atoms with Gasteiger partial charge in [-0.15, -0.1) is 0 Å². The maximum atomic E-state index is 13.4. The van der Waals surface area contributed by atoms with Crippen LogP contribution in [0, 0.1) is 5.41 Å². The number of ether oxygens (including phenoxy) is 3. The van der Waals surface area contributed by atoms with Gasteiger partial charge in [-0.2, -0.15) is 28.1 Å². The molecular weight excluding hydrogens is 603 g/mol. The van der Waals surface area contributed by atoms with Gasteiger partial charge < -0.3 is 35.1 Å². The highest BCUT2D eigenvalue weighted by atomic mass is 19.4. The number of carbonyl (C=O) groups excluding carboxylic acids is 1. The lowest BCUT2D eigenvalue weighted by atomic mass is 10.1. The maximum Gasteiger partial charge on any atom is 0.422 e. The zero-order valence-electron chi connectivity index (χ0n) is 25.2. The number of hydrogen-bond acceptors (Lipinski definition) is 10. The number of nitrogens with one attached hydrogen (secondary N) is 3. The highest BCUT2D eigenvalue weighted by Crippen LogP contribution is 2.46. The van der Waals surface area contributed by atoms with Gasteiger partial charge in [0.1, 0.15) is 24.7 Å². The van der Waals surface area contributed by atoms with Crippen LogP contribution in [0.2, 0.25) is 0 Å². The van der Waals surface area contributed by atoms with E-state index >= 15 is 0 Å². The zero-order chi connectivity index (χ0) is 32.0. The molecule has 7 rings (SSSR count). The lowest BCUT2D eigenvalue weighted by Crippen LogP contribution is -2.37. The number of alkyl halides is 3. The molecule has 0 radical (unpaired) electrons. The number of anilines is 3. The molecule has 1 saturated heterocycles. The highest BCUT2D eigenvalue weighted by molar-refractivity contribution is 5.97. The molecule has 14 heteroatoms. The number of amides is 1. The molecule has 1 aromatic heterocycles. The van der Waals surface area contributed by atoms with Gasteiger partial charge in [-0.25, -0.2) is 0 Å². The summed E-state index contributed by atoms with van der Waals surface area (Å²) in [7, 11) is 0. The molecule has 3 aliphatic heterocycles. The van der Waals surface area contributed by atoms with E-state index in [0.717, 1.165) is 38.0 Å². The van der Waals surface area contributed by atoms with Crippen LogP contribution in [0.4, 0.5) is 30.8 Å². The minimum atomic E-state index is -4.58. The Labute approximate surface area is 264 Å². The van der Waals surface area contributed by atoms with Crippen molar-refractivity contribution in [3.8, 4) is 17.5 Å². The van der Waals surface area contributed by atoms with Crippen LogP contribution < -0.4 is 30.2 Å². The van der Waals surface area contributed by atoms with Crippen LogP contribution in [0.15, 0.2) is 54.6 Å². The van der Waals surface area contributed by atoms with Crippen molar-refractivity contribution in [2.24, 2.45) is 5.41 Å². The molecule has 1 aliphatic carbocycles. The molecule has 3 aromatic rings. The van der Waals surface area contributed by atoms with E-state index in [1.165, 1.54) is 12.8 Å². The number of rotatable bonds is 7. The van der Waals surface area contributed by atoms with Crippen LogP contribution in [-0.2, 0) is 6.54 Å². The molecule has 1 amide bonds. The average molecular weight is 640 g/mol. The first-order valence-corrected chi connectivity index (χ1v) is 15.3. The SMILES string of the molecule is O=C(NCC1(CN2CCCC2)CC1)c1ccc2cc1OCC=CCOc1ccc(cc1)CNc1nc(nc(OCC(F)(F)F)n1)N2. The molecule has 0 atom stereocenters. The molecule has 0 spiro atoms. The fraction of sp³-hybridized carbons (Fsp3) is 0.438. The molecular formula is C32H36F3N7O4. The molecule has 4 aliphatic rings. The Morgan fingerprint density at radius 1 is 0.978 bits per heavy atom. The highest BCUT2D eigenvalue weighted by Gasteiger charge is 2.44. The van der Waals surface area contributed by atoms with Gasteiger partial charge in [-0.05, 0) is 80.8 Å². The lowest BCUT2D eigenvalue weighted by molar-refractivity contribution is -0.154. The summed E-state index contributed by atoms with van der Waals surface area (Å²) in [6.45, 7) is 3.01. The Bertz CT molecular complexity index is 1540. The van der Waals surface area contributed by atoms with Gasteiger partial charge in [0.25, 0.3) is 5.91 Å². The van der Waals surface area contributed by atoms with Crippen molar-refractivity contribution < 1.29 is 32.2 Å². The van der Waals surface area contributed by atoms with Gasteiger partial charge in [0.15, 0.2) is 6.61 Å². The van der Waals surface area contributed by atoms with Crippen LogP contribution in [0.3, 0.4) is 0 Å². The molecule has 6 bridgehead atoms. The summed E-state index contributed by atoms with van der Waals surface area (Å²) in [6.07, 6.45) is 3.67. The van der Waals surface area contributed by atoms with Gasteiger partial charge in [-0.1, -0.05) is 12.1 Å². The van der Waals surface area contributed by atoms with Crippen molar-refractivity contribution in [2.75, 3.05) is 56.6 Å². The summed E-state index contributed by atoms with van der Waals surface area (Å²) < 4.78 is 55.3. The van der Waals surface area contributed by atoms with E-state index in [9.17, 15) is 18.0 Å².